The molecule has 8 heteroatoms. The van der Waals surface area contributed by atoms with Crippen molar-refractivity contribution < 1.29 is 9.53 Å². The number of amides is 1. The lowest BCUT2D eigenvalue weighted by molar-refractivity contribution is -0.118. The van der Waals surface area contributed by atoms with E-state index in [2.05, 4.69) is 16.4 Å². The van der Waals surface area contributed by atoms with E-state index in [1.165, 1.54) is 11.3 Å². The highest BCUT2D eigenvalue weighted by Gasteiger charge is 2.10. The number of anilines is 1. The molecule has 0 aliphatic rings. The summed E-state index contributed by atoms with van der Waals surface area (Å²) < 4.78 is 5.39. The van der Waals surface area contributed by atoms with Gasteiger partial charge in [0.15, 0.2) is 11.7 Å². The summed E-state index contributed by atoms with van der Waals surface area (Å²) in [7, 11) is 0. The number of hydrogen-bond donors (Lipinski definition) is 1. The predicted octanol–water partition coefficient (Wildman–Crippen LogP) is 5.01. The van der Waals surface area contributed by atoms with E-state index in [4.69, 9.17) is 33.2 Å². The number of hydrogen-bond acceptors (Lipinski definition) is 5. The summed E-state index contributed by atoms with van der Waals surface area (Å²) in [5, 5.41) is 14.6. The number of carbonyl (C=O) groups is 1. The fourth-order valence-electron chi connectivity index (χ4n) is 2.07. The lowest BCUT2D eigenvalue weighted by Crippen LogP contribution is -2.20. The second kappa shape index (κ2) is 8.19. The van der Waals surface area contributed by atoms with Crippen LogP contribution in [0.1, 0.15) is 5.56 Å². The number of rotatable bonds is 5. The van der Waals surface area contributed by atoms with Gasteiger partial charge in [-0.3, -0.25) is 10.1 Å². The summed E-state index contributed by atoms with van der Waals surface area (Å²) in [5.74, 6) is 0.0281. The topological polar surface area (TPSA) is 75.0 Å². The zero-order valence-corrected chi connectivity index (χ0v) is 15.5. The van der Waals surface area contributed by atoms with Gasteiger partial charge in [0.1, 0.15) is 5.75 Å². The molecular weight excluding hydrogens is 393 g/mol. The average Bonchev–Trinajstić information content (AvgIpc) is 3.09. The molecule has 130 valence electrons. The van der Waals surface area contributed by atoms with Crippen LogP contribution in [0.25, 0.3) is 11.3 Å². The zero-order valence-electron chi connectivity index (χ0n) is 13.2. The fourth-order valence-corrected chi connectivity index (χ4v) is 3.27. The molecule has 0 saturated heterocycles. The van der Waals surface area contributed by atoms with Crippen LogP contribution in [-0.4, -0.2) is 17.5 Å². The molecule has 0 saturated carbocycles. The van der Waals surface area contributed by atoms with Crippen molar-refractivity contribution in [2.24, 2.45) is 0 Å². The second-order valence-corrected chi connectivity index (χ2v) is 6.84. The molecule has 0 bridgehead atoms. The van der Waals surface area contributed by atoms with E-state index >= 15 is 0 Å². The molecule has 26 heavy (non-hydrogen) atoms. The highest BCUT2D eigenvalue weighted by molar-refractivity contribution is 7.14. The Hall–Kier alpha value is -2.59. The van der Waals surface area contributed by atoms with E-state index < -0.39 is 0 Å². The maximum atomic E-state index is 12.0. The number of nitrogens with one attached hydrogen (secondary N) is 1. The highest BCUT2D eigenvalue weighted by atomic mass is 35.5. The van der Waals surface area contributed by atoms with Gasteiger partial charge >= 0.3 is 0 Å². The summed E-state index contributed by atoms with van der Waals surface area (Å²) in [5.41, 5.74) is 2.16. The lowest BCUT2D eigenvalue weighted by Gasteiger charge is -2.07. The van der Waals surface area contributed by atoms with E-state index in [1.807, 2.05) is 17.5 Å². The molecule has 1 N–H and O–H groups in total. The first-order valence-corrected chi connectivity index (χ1v) is 9.02. The minimum absolute atomic E-state index is 0.201. The Balaban J connectivity index is 1.59. The van der Waals surface area contributed by atoms with Crippen molar-refractivity contribution in [1.82, 2.24) is 4.98 Å². The standard InChI is InChI=1S/C18H11Cl2N3O2S/c19-13-5-6-16(14(20)7-13)25-9-17(24)23-18-22-15(10-26-18)12-3-1-11(8-21)2-4-12/h1-7,10H,9H2,(H,22,23,24). The average molecular weight is 404 g/mol. The summed E-state index contributed by atoms with van der Waals surface area (Å²) in [6.07, 6.45) is 0. The van der Waals surface area contributed by atoms with Crippen LogP contribution in [-0.2, 0) is 4.79 Å². The normalized spacial score (nSPS) is 10.2. The van der Waals surface area contributed by atoms with Crippen LogP contribution in [0, 0.1) is 11.3 Å². The van der Waals surface area contributed by atoms with Gasteiger partial charge in [0, 0.05) is 16.0 Å². The molecule has 0 unspecified atom stereocenters. The number of benzene rings is 2. The maximum Gasteiger partial charge on any atom is 0.264 e. The third kappa shape index (κ3) is 4.52. The molecule has 0 atom stereocenters. The SMILES string of the molecule is N#Cc1ccc(-c2csc(NC(=O)COc3ccc(Cl)cc3Cl)n2)cc1. The zero-order chi connectivity index (χ0) is 18.5. The molecule has 0 aliphatic carbocycles. The van der Waals surface area contributed by atoms with Crippen LogP contribution in [0.2, 0.25) is 10.0 Å². The number of carbonyl (C=O) groups excluding carboxylic acids is 1. The third-order valence-electron chi connectivity index (χ3n) is 3.31. The third-order valence-corrected chi connectivity index (χ3v) is 4.60. The Bertz CT molecular complexity index is 981. The largest absolute Gasteiger partial charge is 0.482 e. The molecule has 1 heterocycles. The number of ether oxygens (including phenoxy) is 1. The first-order valence-electron chi connectivity index (χ1n) is 7.39. The van der Waals surface area contributed by atoms with Gasteiger partial charge in [-0.25, -0.2) is 4.98 Å². The van der Waals surface area contributed by atoms with Crippen LogP contribution < -0.4 is 10.1 Å². The van der Waals surface area contributed by atoms with Gasteiger partial charge < -0.3 is 4.74 Å². The Morgan fingerprint density at radius 1 is 1.23 bits per heavy atom. The first-order chi connectivity index (χ1) is 12.5. The minimum Gasteiger partial charge on any atom is -0.482 e. The molecule has 3 rings (SSSR count). The number of thiazole rings is 1. The van der Waals surface area contributed by atoms with E-state index in [9.17, 15) is 4.79 Å². The van der Waals surface area contributed by atoms with E-state index in [1.54, 1.807) is 30.3 Å². The van der Waals surface area contributed by atoms with Crippen molar-refractivity contribution in [3.63, 3.8) is 0 Å². The molecule has 0 radical (unpaired) electrons. The van der Waals surface area contributed by atoms with E-state index in [0.717, 1.165) is 11.3 Å². The highest BCUT2D eigenvalue weighted by Crippen LogP contribution is 2.28. The molecule has 1 aromatic heterocycles. The van der Waals surface area contributed by atoms with Crippen molar-refractivity contribution in [3.8, 4) is 23.1 Å². The summed E-state index contributed by atoms with van der Waals surface area (Å²) in [6, 6.07) is 13.9. The molecule has 0 fully saturated rings. The first kappa shape index (κ1) is 18.2. The summed E-state index contributed by atoms with van der Waals surface area (Å²) in [6.45, 7) is -0.201. The summed E-state index contributed by atoms with van der Waals surface area (Å²) in [4.78, 5) is 16.4. The van der Waals surface area contributed by atoms with Gasteiger partial charge in [-0.2, -0.15) is 5.26 Å². The molecule has 0 spiro atoms. The maximum absolute atomic E-state index is 12.0. The monoisotopic (exact) mass is 403 g/mol. The number of nitriles is 1. The van der Waals surface area contributed by atoms with Gasteiger partial charge in [-0.05, 0) is 30.3 Å². The molecule has 3 aromatic rings. The molecule has 5 nitrogen and oxygen atoms in total. The smallest absolute Gasteiger partial charge is 0.264 e. The number of nitrogens with zero attached hydrogens (tertiary/aromatic N) is 2. The van der Waals surface area contributed by atoms with Crippen LogP contribution in [0.5, 0.6) is 5.75 Å². The van der Waals surface area contributed by atoms with Crippen molar-refractivity contribution >= 4 is 45.6 Å². The van der Waals surface area contributed by atoms with Crippen LogP contribution in [0.3, 0.4) is 0 Å². The van der Waals surface area contributed by atoms with Crippen LogP contribution >= 0.6 is 34.5 Å². The van der Waals surface area contributed by atoms with Gasteiger partial charge in [0.2, 0.25) is 0 Å². The minimum atomic E-state index is -0.350. The second-order valence-electron chi connectivity index (χ2n) is 5.14. The van der Waals surface area contributed by atoms with Crippen LogP contribution in [0.4, 0.5) is 5.13 Å². The van der Waals surface area contributed by atoms with Crippen molar-refractivity contribution in [3.05, 3.63) is 63.5 Å². The lowest BCUT2D eigenvalue weighted by atomic mass is 10.1. The number of aromatic nitrogens is 1. The molecule has 1 amide bonds. The molecular formula is C18H11Cl2N3O2S. The van der Waals surface area contributed by atoms with E-state index in [-0.39, 0.29) is 12.5 Å². The Morgan fingerprint density at radius 3 is 2.69 bits per heavy atom. The van der Waals surface area contributed by atoms with Crippen molar-refractivity contribution in [2.75, 3.05) is 11.9 Å². The molecule has 0 aliphatic heterocycles. The Kier molecular flexibility index (Phi) is 5.74. The Morgan fingerprint density at radius 2 is 2.00 bits per heavy atom. The van der Waals surface area contributed by atoms with Gasteiger partial charge in [0.05, 0.1) is 22.3 Å². The van der Waals surface area contributed by atoms with Crippen LogP contribution in [0.15, 0.2) is 47.8 Å². The summed E-state index contributed by atoms with van der Waals surface area (Å²) >= 11 is 13.1. The number of halogens is 2. The van der Waals surface area contributed by atoms with Gasteiger partial charge in [-0.1, -0.05) is 35.3 Å². The molecule has 2 aromatic carbocycles. The Labute approximate surface area is 163 Å². The van der Waals surface area contributed by atoms with Gasteiger partial charge in [0.25, 0.3) is 5.91 Å². The van der Waals surface area contributed by atoms with Crippen molar-refractivity contribution in [1.29, 1.82) is 5.26 Å². The predicted molar refractivity (Wildman–Crippen MR) is 103 cm³/mol. The fraction of sp³-hybridized carbons (Fsp3) is 0.0556. The van der Waals surface area contributed by atoms with Crippen molar-refractivity contribution in [2.45, 2.75) is 0 Å². The quantitative estimate of drug-likeness (QED) is 0.649. The van der Waals surface area contributed by atoms with E-state index in [0.29, 0.717) is 26.5 Å². The van der Waals surface area contributed by atoms with Gasteiger partial charge in [-0.15, -0.1) is 11.3 Å².